The van der Waals surface area contributed by atoms with Gasteiger partial charge in [0.2, 0.25) is 0 Å². The van der Waals surface area contributed by atoms with E-state index in [1.807, 2.05) is 0 Å². The third-order valence-electron chi connectivity index (χ3n) is 3.06. The fraction of sp³-hybridized carbons (Fsp3) is 0.214. The minimum Gasteiger partial charge on any atom is -0.506 e. The van der Waals surface area contributed by atoms with Crippen LogP contribution < -0.4 is 10.9 Å². The zero-order valence-corrected chi connectivity index (χ0v) is 11.4. The number of nitrogens with zero attached hydrogens (tertiary/aromatic N) is 1. The van der Waals surface area contributed by atoms with E-state index >= 15 is 0 Å². The van der Waals surface area contributed by atoms with Gasteiger partial charge in [0.15, 0.2) is 0 Å². The van der Waals surface area contributed by atoms with Crippen LogP contribution in [-0.4, -0.2) is 27.9 Å². The quantitative estimate of drug-likeness (QED) is 0.871. The van der Waals surface area contributed by atoms with Crippen LogP contribution in [0.4, 0.5) is 4.39 Å². The number of rotatable bonds is 3. The van der Waals surface area contributed by atoms with Crippen molar-refractivity contribution in [3.63, 3.8) is 0 Å². The van der Waals surface area contributed by atoms with Crippen LogP contribution in [0, 0.1) is 5.82 Å². The van der Waals surface area contributed by atoms with Gasteiger partial charge in [-0.2, -0.15) is 0 Å². The van der Waals surface area contributed by atoms with Gasteiger partial charge in [-0.25, -0.2) is 4.39 Å². The fourth-order valence-corrected chi connectivity index (χ4v) is 2.00. The Morgan fingerprint density at radius 2 is 2.05 bits per heavy atom. The summed E-state index contributed by atoms with van der Waals surface area (Å²) in [5, 5.41) is 12.4. The number of pyridine rings is 1. The molecule has 2 aromatic rings. The number of aryl methyl sites for hydroxylation is 1. The van der Waals surface area contributed by atoms with Crippen LogP contribution in [0.15, 0.2) is 23.0 Å². The van der Waals surface area contributed by atoms with Gasteiger partial charge in [-0.1, -0.05) is 0 Å². The molecule has 6 nitrogen and oxygen atoms in total. The Labute approximate surface area is 118 Å². The van der Waals surface area contributed by atoms with Gasteiger partial charge < -0.3 is 15.0 Å². The minimum atomic E-state index is -0.880. The fourth-order valence-electron chi connectivity index (χ4n) is 2.00. The molecule has 0 saturated heterocycles. The second-order valence-corrected chi connectivity index (χ2v) is 4.63. The number of Topliss-reactive ketones (excluding diaryl/α,β-unsaturated/α-hetero) is 1. The second kappa shape index (κ2) is 5.35. The molecular weight excluding hydrogens is 279 g/mol. The van der Waals surface area contributed by atoms with Gasteiger partial charge in [-0.3, -0.25) is 14.4 Å². The molecule has 2 N–H and O–H groups in total. The van der Waals surface area contributed by atoms with Gasteiger partial charge in [-0.05, 0) is 25.1 Å². The number of nitrogens with one attached hydrogen (secondary N) is 1. The van der Waals surface area contributed by atoms with Gasteiger partial charge in [0.1, 0.15) is 22.9 Å². The number of hydrogen-bond donors (Lipinski definition) is 2. The van der Waals surface area contributed by atoms with E-state index in [0.29, 0.717) is 5.52 Å². The first-order valence-corrected chi connectivity index (χ1v) is 6.11. The number of carbonyl (C=O) groups is 2. The lowest BCUT2D eigenvalue weighted by Crippen LogP contribution is -2.34. The Morgan fingerprint density at radius 3 is 2.67 bits per heavy atom. The molecule has 0 aliphatic heterocycles. The standard InChI is InChI=1S/C14H13FN2O4/c1-7(18)6-16-13(20)11-12(19)9-5-8(15)3-4-10(9)17(2)14(11)21/h3-5,19H,6H2,1-2H3,(H,16,20). The molecule has 0 spiro atoms. The highest BCUT2D eigenvalue weighted by Crippen LogP contribution is 2.26. The summed E-state index contributed by atoms with van der Waals surface area (Å²) in [6.07, 6.45) is 0. The highest BCUT2D eigenvalue weighted by Gasteiger charge is 2.21. The van der Waals surface area contributed by atoms with Crippen LogP contribution >= 0.6 is 0 Å². The first kappa shape index (κ1) is 14.7. The van der Waals surface area contributed by atoms with Crippen molar-refractivity contribution in [3.8, 4) is 5.75 Å². The van der Waals surface area contributed by atoms with Gasteiger partial charge >= 0.3 is 0 Å². The van der Waals surface area contributed by atoms with Crippen molar-refractivity contribution in [1.82, 2.24) is 9.88 Å². The monoisotopic (exact) mass is 292 g/mol. The number of carbonyl (C=O) groups excluding carboxylic acids is 2. The lowest BCUT2D eigenvalue weighted by molar-refractivity contribution is -0.116. The number of fused-ring (bicyclic) bond motifs is 1. The summed E-state index contributed by atoms with van der Waals surface area (Å²) in [5.74, 6) is -2.39. The highest BCUT2D eigenvalue weighted by atomic mass is 19.1. The van der Waals surface area contributed by atoms with Crippen molar-refractivity contribution in [2.45, 2.75) is 6.92 Å². The topological polar surface area (TPSA) is 88.4 Å². The van der Waals surface area contributed by atoms with Crippen molar-refractivity contribution >= 4 is 22.6 Å². The predicted molar refractivity (Wildman–Crippen MR) is 73.8 cm³/mol. The van der Waals surface area contributed by atoms with Gasteiger partial charge in [0.05, 0.1) is 12.1 Å². The molecule has 0 saturated carbocycles. The summed E-state index contributed by atoms with van der Waals surface area (Å²) >= 11 is 0. The molecule has 1 amide bonds. The van der Waals surface area contributed by atoms with Crippen molar-refractivity contribution in [3.05, 3.63) is 39.9 Å². The molecule has 0 unspecified atom stereocenters. The smallest absolute Gasteiger partial charge is 0.267 e. The third kappa shape index (κ3) is 2.62. The molecule has 110 valence electrons. The van der Waals surface area contributed by atoms with Crippen LogP contribution in [0.1, 0.15) is 17.3 Å². The van der Waals surface area contributed by atoms with Crippen molar-refractivity contribution in [2.24, 2.45) is 7.05 Å². The van der Waals surface area contributed by atoms with E-state index in [2.05, 4.69) is 5.32 Å². The summed E-state index contributed by atoms with van der Waals surface area (Å²) in [6, 6.07) is 3.52. The van der Waals surface area contributed by atoms with Crippen LogP contribution in [0.25, 0.3) is 10.9 Å². The number of aromatic nitrogens is 1. The number of halogens is 1. The van der Waals surface area contributed by atoms with Gasteiger partial charge in [0.25, 0.3) is 11.5 Å². The van der Waals surface area contributed by atoms with E-state index < -0.39 is 28.6 Å². The number of benzene rings is 1. The minimum absolute atomic E-state index is 0.0464. The van der Waals surface area contributed by atoms with E-state index in [4.69, 9.17) is 0 Å². The maximum absolute atomic E-state index is 13.3. The first-order valence-electron chi connectivity index (χ1n) is 6.11. The molecule has 21 heavy (non-hydrogen) atoms. The average Bonchev–Trinajstić information content (AvgIpc) is 2.43. The summed E-state index contributed by atoms with van der Waals surface area (Å²) in [6.45, 7) is 1.01. The van der Waals surface area contributed by atoms with E-state index in [9.17, 15) is 23.9 Å². The van der Waals surface area contributed by atoms with Crippen LogP contribution in [0.3, 0.4) is 0 Å². The van der Waals surface area contributed by atoms with Gasteiger partial charge in [0, 0.05) is 12.4 Å². The Morgan fingerprint density at radius 1 is 1.38 bits per heavy atom. The first-order chi connectivity index (χ1) is 9.82. The summed E-state index contributed by atoms with van der Waals surface area (Å²) < 4.78 is 14.4. The van der Waals surface area contributed by atoms with Crippen LogP contribution in [0.5, 0.6) is 5.75 Å². The van der Waals surface area contributed by atoms with Gasteiger partial charge in [-0.15, -0.1) is 0 Å². The third-order valence-corrected chi connectivity index (χ3v) is 3.06. The molecule has 0 atom stereocenters. The molecular formula is C14H13FN2O4. The van der Waals surface area contributed by atoms with E-state index in [1.54, 1.807) is 0 Å². The SMILES string of the molecule is CC(=O)CNC(=O)c1c(O)c2cc(F)ccc2n(C)c1=O. The Bertz CT molecular complexity index is 811. The largest absolute Gasteiger partial charge is 0.506 e. The molecule has 1 heterocycles. The number of amides is 1. The molecule has 1 aromatic heterocycles. The zero-order valence-electron chi connectivity index (χ0n) is 11.4. The summed E-state index contributed by atoms with van der Waals surface area (Å²) in [7, 11) is 1.41. The van der Waals surface area contributed by atoms with Crippen molar-refractivity contribution in [2.75, 3.05) is 6.54 Å². The second-order valence-electron chi connectivity index (χ2n) is 4.63. The highest BCUT2D eigenvalue weighted by molar-refractivity contribution is 6.03. The Hall–Kier alpha value is -2.70. The lowest BCUT2D eigenvalue weighted by atomic mass is 10.1. The zero-order chi connectivity index (χ0) is 15.7. The van der Waals surface area contributed by atoms with E-state index in [1.165, 1.54) is 20.0 Å². The van der Waals surface area contributed by atoms with Crippen molar-refractivity contribution < 1.29 is 19.1 Å². The molecule has 0 fully saturated rings. The predicted octanol–water partition coefficient (Wildman–Crippen LogP) is 0.702. The summed E-state index contributed by atoms with van der Waals surface area (Å²) in [4.78, 5) is 34.9. The molecule has 2 rings (SSSR count). The summed E-state index contributed by atoms with van der Waals surface area (Å²) in [5.41, 5.74) is -0.952. The maximum atomic E-state index is 13.3. The van der Waals surface area contributed by atoms with Crippen LogP contribution in [-0.2, 0) is 11.8 Å². The molecule has 7 heteroatoms. The average molecular weight is 292 g/mol. The van der Waals surface area contributed by atoms with Crippen molar-refractivity contribution in [1.29, 1.82) is 0 Å². The number of ketones is 1. The van der Waals surface area contributed by atoms with Crippen LogP contribution in [0.2, 0.25) is 0 Å². The normalized spacial score (nSPS) is 10.6. The maximum Gasteiger partial charge on any atom is 0.267 e. The molecule has 0 aliphatic rings. The number of aromatic hydroxyl groups is 1. The molecule has 0 aliphatic carbocycles. The molecule has 0 radical (unpaired) electrons. The number of hydrogen-bond acceptors (Lipinski definition) is 4. The van der Waals surface area contributed by atoms with E-state index in [-0.39, 0.29) is 17.7 Å². The Balaban J connectivity index is 2.66. The molecule has 1 aromatic carbocycles. The Kier molecular flexibility index (Phi) is 3.75. The molecule has 0 bridgehead atoms. The van der Waals surface area contributed by atoms with E-state index in [0.717, 1.165) is 16.7 Å². The lowest BCUT2D eigenvalue weighted by Gasteiger charge is -2.11.